The van der Waals surface area contributed by atoms with Gasteiger partial charge in [0.15, 0.2) is 0 Å². The molecule has 3 heteroatoms. The normalized spacial score (nSPS) is 11.4. The smallest absolute Gasteiger partial charge is 0.303 e. The van der Waals surface area contributed by atoms with Gasteiger partial charge in [0.25, 0.3) is 0 Å². The molecule has 0 aromatic carbocycles. The van der Waals surface area contributed by atoms with Gasteiger partial charge in [0.05, 0.1) is 0 Å². The van der Waals surface area contributed by atoms with Crippen molar-refractivity contribution in [1.29, 1.82) is 0 Å². The van der Waals surface area contributed by atoms with Crippen molar-refractivity contribution in [3.8, 4) is 0 Å². The van der Waals surface area contributed by atoms with Crippen molar-refractivity contribution in [3.05, 3.63) is 11.8 Å². The van der Waals surface area contributed by atoms with Gasteiger partial charge in [0.1, 0.15) is 0 Å². The molecule has 0 rings (SSSR count). The predicted molar refractivity (Wildman–Crippen MR) is 34.8 cm³/mol. The highest BCUT2D eigenvalue weighted by atomic mass is 16.4. The van der Waals surface area contributed by atoms with Crippen LogP contribution in [0.15, 0.2) is 11.8 Å². The second-order valence-electron chi connectivity index (χ2n) is 1.88. The van der Waals surface area contributed by atoms with E-state index >= 15 is 0 Å². The lowest BCUT2D eigenvalue weighted by Gasteiger charge is -1.88. The summed E-state index contributed by atoms with van der Waals surface area (Å²) in [5.74, 6) is -0.785. The Bertz CT molecular complexity index is 125. The summed E-state index contributed by atoms with van der Waals surface area (Å²) >= 11 is 0. The lowest BCUT2D eigenvalue weighted by Crippen LogP contribution is -1.94. The SMILES string of the molecule is CC(N)=CCCC(=O)O. The van der Waals surface area contributed by atoms with Gasteiger partial charge in [-0.25, -0.2) is 0 Å². The number of aliphatic carboxylic acids is 1. The van der Waals surface area contributed by atoms with Gasteiger partial charge < -0.3 is 10.8 Å². The van der Waals surface area contributed by atoms with E-state index in [0.717, 1.165) is 0 Å². The van der Waals surface area contributed by atoms with Crippen molar-refractivity contribution < 1.29 is 9.90 Å². The Morgan fingerprint density at radius 2 is 2.33 bits per heavy atom. The maximum absolute atomic E-state index is 9.91. The Hall–Kier alpha value is -0.990. The monoisotopic (exact) mass is 129 g/mol. The summed E-state index contributed by atoms with van der Waals surface area (Å²) in [6.45, 7) is 1.74. The Balaban J connectivity index is 3.31. The first-order valence-electron chi connectivity index (χ1n) is 2.77. The summed E-state index contributed by atoms with van der Waals surface area (Å²) in [5.41, 5.74) is 5.92. The number of nitrogens with two attached hydrogens (primary N) is 1. The molecule has 0 radical (unpaired) electrons. The van der Waals surface area contributed by atoms with Crippen LogP contribution in [0.25, 0.3) is 0 Å². The van der Waals surface area contributed by atoms with E-state index < -0.39 is 5.97 Å². The molecule has 0 aliphatic carbocycles. The molecule has 52 valence electrons. The maximum Gasteiger partial charge on any atom is 0.303 e. The van der Waals surface area contributed by atoms with Crippen LogP contribution < -0.4 is 5.73 Å². The fourth-order valence-corrected chi connectivity index (χ4v) is 0.423. The zero-order chi connectivity index (χ0) is 7.28. The van der Waals surface area contributed by atoms with Crippen molar-refractivity contribution in [3.63, 3.8) is 0 Å². The highest BCUT2D eigenvalue weighted by Crippen LogP contribution is 1.92. The third kappa shape index (κ3) is 7.01. The molecule has 0 aromatic heterocycles. The van der Waals surface area contributed by atoms with Crippen LogP contribution in [-0.4, -0.2) is 11.1 Å². The van der Waals surface area contributed by atoms with Crippen LogP contribution in [0.5, 0.6) is 0 Å². The fourth-order valence-electron chi connectivity index (χ4n) is 0.423. The quantitative estimate of drug-likeness (QED) is 0.590. The summed E-state index contributed by atoms with van der Waals surface area (Å²) in [7, 11) is 0. The average molecular weight is 129 g/mol. The zero-order valence-corrected chi connectivity index (χ0v) is 5.42. The topological polar surface area (TPSA) is 63.3 Å². The largest absolute Gasteiger partial charge is 0.481 e. The van der Waals surface area contributed by atoms with Crippen molar-refractivity contribution in [1.82, 2.24) is 0 Å². The van der Waals surface area contributed by atoms with Gasteiger partial charge in [-0.05, 0) is 13.3 Å². The summed E-state index contributed by atoms with van der Waals surface area (Å²) < 4.78 is 0. The third-order valence-electron chi connectivity index (χ3n) is 0.825. The minimum atomic E-state index is -0.785. The van der Waals surface area contributed by atoms with Crippen LogP contribution >= 0.6 is 0 Å². The Labute approximate surface area is 54.2 Å². The highest BCUT2D eigenvalue weighted by molar-refractivity contribution is 5.66. The van der Waals surface area contributed by atoms with Gasteiger partial charge in [-0.2, -0.15) is 0 Å². The standard InChI is InChI=1S/C6H11NO2/c1-5(7)3-2-4-6(8)9/h3H,2,4,7H2,1H3,(H,8,9). The molecule has 0 spiro atoms. The van der Waals surface area contributed by atoms with E-state index in [4.69, 9.17) is 10.8 Å². The molecular formula is C6H11NO2. The highest BCUT2D eigenvalue weighted by Gasteiger charge is 1.91. The second-order valence-corrected chi connectivity index (χ2v) is 1.88. The average Bonchev–Trinajstić information content (AvgIpc) is 1.63. The van der Waals surface area contributed by atoms with Gasteiger partial charge in [0.2, 0.25) is 0 Å². The minimum Gasteiger partial charge on any atom is -0.481 e. The molecule has 0 aliphatic heterocycles. The number of hydrogen-bond acceptors (Lipinski definition) is 2. The number of allylic oxidation sites excluding steroid dienone is 2. The zero-order valence-electron chi connectivity index (χ0n) is 5.42. The van der Waals surface area contributed by atoms with Crippen molar-refractivity contribution in [2.24, 2.45) is 5.73 Å². The van der Waals surface area contributed by atoms with Crippen LogP contribution in [0.2, 0.25) is 0 Å². The van der Waals surface area contributed by atoms with Crippen LogP contribution in [0.1, 0.15) is 19.8 Å². The van der Waals surface area contributed by atoms with Gasteiger partial charge in [-0.3, -0.25) is 4.79 Å². The van der Waals surface area contributed by atoms with Crippen LogP contribution in [0.4, 0.5) is 0 Å². The first-order chi connectivity index (χ1) is 4.13. The number of carboxylic acids is 1. The van der Waals surface area contributed by atoms with E-state index in [0.29, 0.717) is 12.1 Å². The molecule has 3 N–H and O–H groups in total. The summed E-state index contributed by atoms with van der Waals surface area (Å²) in [6, 6.07) is 0. The Morgan fingerprint density at radius 3 is 2.67 bits per heavy atom. The van der Waals surface area contributed by atoms with Crippen molar-refractivity contribution in [2.75, 3.05) is 0 Å². The molecule has 0 amide bonds. The molecule has 0 unspecified atom stereocenters. The molecule has 0 aliphatic rings. The number of hydrogen-bond donors (Lipinski definition) is 2. The van der Waals surface area contributed by atoms with E-state index in [1.807, 2.05) is 0 Å². The predicted octanol–water partition coefficient (Wildman–Crippen LogP) is 0.714. The molecule has 0 saturated heterocycles. The maximum atomic E-state index is 9.91. The summed E-state index contributed by atoms with van der Waals surface area (Å²) in [4.78, 5) is 9.91. The molecular weight excluding hydrogens is 118 g/mol. The molecule has 0 saturated carbocycles. The number of carbonyl (C=O) groups is 1. The first kappa shape index (κ1) is 8.01. The molecule has 0 bridgehead atoms. The lowest BCUT2D eigenvalue weighted by atomic mass is 10.3. The van der Waals surface area contributed by atoms with Crippen LogP contribution in [0, 0.1) is 0 Å². The van der Waals surface area contributed by atoms with E-state index in [-0.39, 0.29) is 6.42 Å². The third-order valence-corrected chi connectivity index (χ3v) is 0.825. The van der Waals surface area contributed by atoms with Crippen molar-refractivity contribution in [2.45, 2.75) is 19.8 Å². The molecule has 0 aromatic rings. The first-order valence-corrected chi connectivity index (χ1v) is 2.77. The molecule has 0 atom stereocenters. The second kappa shape index (κ2) is 3.95. The fraction of sp³-hybridized carbons (Fsp3) is 0.500. The van der Waals surface area contributed by atoms with Crippen LogP contribution in [-0.2, 0) is 4.79 Å². The van der Waals surface area contributed by atoms with Crippen molar-refractivity contribution >= 4 is 5.97 Å². The molecule has 3 nitrogen and oxygen atoms in total. The number of carboxylic acid groups (broad SMARTS) is 1. The van der Waals surface area contributed by atoms with Crippen LogP contribution in [0.3, 0.4) is 0 Å². The minimum absolute atomic E-state index is 0.161. The van der Waals surface area contributed by atoms with Gasteiger partial charge in [-0.15, -0.1) is 0 Å². The van der Waals surface area contributed by atoms with E-state index in [1.165, 1.54) is 0 Å². The molecule has 0 fully saturated rings. The lowest BCUT2D eigenvalue weighted by molar-refractivity contribution is -0.136. The summed E-state index contributed by atoms with van der Waals surface area (Å²) in [5, 5.41) is 8.16. The summed E-state index contributed by atoms with van der Waals surface area (Å²) in [6.07, 6.45) is 2.39. The molecule has 9 heavy (non-hydrogen) atoms. The molecule has 0 heterocycles. The van der Waals surface area contributed by atoms with E-state index in [9.17, 15) is 4.79 Å². The van der Waals surface area contributed by atoms with Gasteiger partial charge in [0, 0.05) is 12.1 Å². The Kier molecular flexibility index (Phi) is 3.51. The van der Waals surface area contributed by atoms with E-state index in [2.05, 4.69) is 0 Å². The van der Waals surface area contributed by atoms with Gasteiger partial charge >= 0.3 is 5.97 Å². The van der Waals surface area contributed by atoms with Gasteiger partial charge in [-0.1, -0.05) is 6.08 Å². The van der Waals surface area contributed by atoms with E-state index in [1.54, 1.807) is 13.0 Å². The number of rotatable bonds is 3. The Morgan fingerprint density at radius 1 is 1.78 bits per heavy atom.